The number of likely N-dealkylation sites (N-methyl/N-ethyl adjacent to an activating group) is 1. The van der Waals surface area contributed by atoms with E-state index in [0.29, 0.717) is 18.8 Å². The van der Waals surface area contributed by atoms with Crippen molar-refractivity contribution >= 4 is 23.2 Å². The van der Waals surface area contributed by atoms with E-state index in [1.165, 1.54) is 18.2 Å². The predicted molar refractivity (Wildman–Crippen MR) is 128 cm³/mol. The quantitative estimate of drug-likeness (QED) is 0.469. The summed E-state index contributed by atoms with van der Waals surface area (Å²) in [6.07, 6.45) is -4.47. The van der Waals surface area contributed by atoms with E-state index < -0.39 is 54.6 Å². The molecule has 0 aliphatic carbocycles. The van der Waals surface area contributed by atoms with Gasteiger partial charge in [-0.25, -0.2) is 9.37 Å². The molecule has 2 aliphatic rings. The summed E-state index contributed by atoms with van der Waals surface area (Å²) < 4.78 is 69.7. The Labute approximate surface area is 211 Å². The fraction of sp³-hybridized carbons (Fsp3) is 0.480. The molecule has 2 aliphatic heterocycles. The Balaban J connectivity index is 1.73. The van der Waals surface area contributed by atoms with Crippen LogP contribution in [-0.4, -0.2) is 66.6 Å². The van der Waals surface area contributed by atoms with Gasteiger partial charge in [-0.2, -0.15) is 17.6 Å². The third kappa shape index (κ3) is 5.68. The van der Waals surface area contributed by atoms with Gasteiger partial charge >= 0.3 is 6.18 Å². The summed E-state index contributed by atoms with van der Waals surface area (Å²) >= 11 is 0. The minimum absolute atomic E-state index is 0.00564. The van der Waals surface area contributed by atoms with Gasteiger partial charge < -0.3 is 15.5 Å². The molecule has 1 aromatic carbocycles. The first-order valence-corrected chi connectivity index (χ1v) is 11.9. The number of benzene rings is 1. The molecule has 0 bridgehead atoms. The molecule has 2 fully saturated rings. The highest BCUT2D eigenvalue weighted by Gasteiger charge is 2.50. The fourth-order valence-corrected chi connectivity index (χ4v) is 4.91. The van der Waals surface area contributed by atoms with Gasteiger partial charge in [0, 0.05) is 55.5 Å². The van der Waals surface area contributed by atoms with E-state index in [9.17, 15) is 27.2 Å². The largest absolute Gasteiger partial charge is 0.393 e. The van der Waals surface area contributed by atoms with E-state index in [0.717, 1.165) is 12.3 Å². The van der Waals surface area contributed by atoms with Gasteiger partial charge in [-0.1, -0.05) is 0 Å². The number of hydrogen-bond donors (Lipinski definition) is 2. The van der Waals surface area contributed by atoms with Crippen molar-refractivity contribution in [1.29, 1.82) is 0 Å². The molecule has 200 valence electrons. The summed E-state index contributed by atoms with van der Waals surface area (Å²) in [4.78, 5) is 32.4. The number of anilines is 2. The van der Waals surface area contributed by atoms with E-state index in [-0.39, 0.29) is 28.9 Å². The Hall–Kier alpha value is -3.28. The summed E-state index contributed by atoms with van der Waals surface area (Å²) in [5.74, 6) is -6.83. The van der Waals surface area contributed by atoms with Gasteiger partial charge in [-0.05, 0) is 45.2 Å². The molecule has 12 heteroatoms. The molecule has 1 aromatic heterocycles. The standard InChI is InChI=1S/C25H28F5N5O2/c1-13-11-35(12-14(2)34(13)3)21-8-19(26)16(15-4-5-22(27)31-9-15)6-20(21)33-24(37)17-10-32-23(36)7-18(17)25(28,29)30/h4-6,8-9,13-14,17-18H,7,10-12H2,1-3H3,(H,32,36)(H,33,37)/t13-,14+,17?,18?. The first kappa shape index (κ1) is 26.8. The highest BCUT2D eigenvalue weighted by Crippen LogP contribution is 2.39. The minimum atomic E-state index is -4.75. The van der Waals surface area contributed by atoms with Gasteiger partial charge in [-0.15, -0.1) is 0 Å². The third-order valence-electron chi connectivity index (χ3n) is 7.25. The SMILES string of the molecule is C[C@@H]1CN(c2cc(F)c(-c3ccc(F)nc3)cc2NC(=O)C2CNC(=O)CC2C(F)(F)F)C[C@H](C)N1C. The topological polar surface area (TPSA) is 77.6 Å². The normalized spacial score (nSPS) is 25.1. The lowest BCUT2D eigenvalue weighted by atomic mass is 9.84. The third-order valence-corrected chi connectivity index (χ3v) is 7.25. The first-order valence-electron chi connectivity index (χ1n) is 11.9. The molecule has 0 spiro atoms. The van der Waals surface area contributed by atoms with Crippen LogP contribution in [0.3, 0.4) is 0 Å². The van der Waals surface area contributed by atoms with Crippen molar-refractivity contribution in [2.75, 3.05) is 36.9 Å². The molecule has 2 saturated heterocycles. The number of carbonyl (C=O) groups excluding carboxylic acids is 2. The predicted octanol–water partition coefficient (Wildman–Crippen LogP) is 3.81. The zero-order valence-electron chi connectivity index (χ0n) is 20.6. The molecule has 37 heavy (non-hydrogen) atoms. The highest BCUT2D eigenvalue weighted by atomic mass is 19.4. The second-order valence-corrected chi connectivity index (χ2v) is 9.74. The molecule has 2 N–H and O–H groups in total. The van der Waals surface area contributed by atoms with Crippen molar-refractivity contribution in [3.8, 4) is 11.1 Å². The molecule has 0 saturated carbocycles. The number of piperazine rings is 1. The Bertz CT molecular complexity index is 1160. The van der Waals surface area contributed by atoms with Gasteiger partial charge in [0.15, 0.2) is 0 Å². The fourth-order valence-electron chi connectivity index (χ4n) is 4.91. The van der Waals surface area contributed by atoms with Crippen molar-refractivity contribution in [3.63, 3.8) is 0 Å². The van der Waals surface area contributed by atoms with E-state index in [1.807, 2.05) is 25.8 Å². The van der Waals surface area contributed by atoms with Crippen molar-refractivity contribution in [1.82, 2.24) is 15.2 Å². The van der Waals surface area contributed by atoms with Crippen molar-refractivity contribution in [3.05, 3.63) is 42.2 Å². The number of pyridine rings is 1. The molecule has 0 radical (unpaired) electrons. The van der Waals surface area contributed by atoms with Crippen molar-refractivity contribution < 1.29 is 31.5 Å². The number of nitrogens with one attached hydrogen (secondary N) is 2. The molecular weight excluding hydrogens is 497 g/mol. The number of nitrogens with zero attached hydrogens (tertiary/aromatic N) is 3. The molecular formula is C25H28F5N5O2. The average molecular weight is 526 g/mol. The summed E-state index contributed by atoms with van der Waals surface area (Å²) in [6, 6.07) is 5.10. The number of hydrogen-bond acceptors (Lipinski definition) is 5. The number of halogens is 5. The lowest BCUT2D eigenvalue weighted by molar-refractivity contribution is -0.197. The number of aromatic nitrogens is 1. The van der Waals surface area contributed by atoms with E-state index in [2.05, 4.69) is 20.5 Å². The summed E-state index contributed by atoms with van der Waals surface area (Å²) in [6.45, 7) is 4.50. The van der Waals surface area contributed by atoms with Crippen LogP contribution in [0.5, 0.6) is 0 Å². The Morgan fingerprint density at radius 3 is 2.41 bits per heavy atom. The number of alkyl halides is 3. The smallest absolute Gasteiger partial charge is 0.367 e. The van der Waals surface area contributed by atoms with E-state index >= 15 is 4.39 Å². The van der Waals surface area contributed by atoms with Crippen LogP contribution in [0.15, 0.2) is 30.5 Å². The lowest BCUT2D eigenvalue weighted by Gasteiger charge is -2.44. The van der Waals surface area contributed by atoms with Crippen molar-refractivity contribution in [2.45, 2.75) is 38.5 Å². The second kappa shape index (κ2) is 10.2. The molecule has 2 amide bonds. The van der Waals surface area contributed by atoms with Crippen LogP contribution in [0.25, 0.3) is 11.1 Å². The van der Waals surface area contributed by atoms with Crippen LogP contribution in [0.2, 0.25) is 0 Å². The van der Waals surface area contributed by atoms with Crippen LogP contribution >= 0.6 is 0 Å². The zero-order chi connectivity index (χ0) is 27.1. The maximum Gasteiger partial charge on any atom is 0.393 e. The van der Waals surface area contributed by atoms with Gasteiger partial charge in [-0.3, -0.25) is 14.5 Å². The lowest BCUT2D eigenvalue weighted by Crippen LogP contribution is -2.55. The zero-order valence-corrected chi connectivity index (χ0v) is 20.6. The Kier molecular flexibility index (Phi) is 7.40. The highest BCUT2D eigenvalue weighted by molar-refractivity contribution is 5.98. The molecule has 2 unspecified atom stereocenters. The maximum absolute atomic E-state index is 15.3. The summed E-state index contributed by atoms with van der Waals surface area (Å²) in [5.41, 5.74) is 0.678. The van der Waals surface area contributed by atoms with Gasteiger partial charge in [0.2, 0.25) is 17.8 Å². The van der Waals surface area contributed by atoms with Gasteiger partial charge in [0.25, 0.3) is 0 Å². The summed E-state index contributed by atoms with van der Waals surface area (Å²) in [5, 5.41) is 4.90. The Morgan fingerprint density at radius 1 is 1.14 bits per heavy atom. The number of rotatable bonds is 4. The van der Waals surface area contributed by atoms with Crippen LogP contribution in [0.4, 0.5) is 33.3 Å². The van der Waals surface area contributed by atoms with Crippen LogP contribution in [-0.2, 0) is 9.59 Å². The van der Waals surface area contributed by atoms with Gasteiger partial charge in [0.1, 0.15) is 5.82 Å². The van der Waals surface area contributed by atoms with E-state index in [4.69, 9.17) is 0 Å². The number of piperidine rings is 1. The molecule has 2 aromatic rings. The Morgan fingerprint density at radius 2 is 1.81 bits per heavy atom. The molecule has 7 nitrogen and oxygen atoms in total. The first-order chi connectivity index (χ1) is 17.3. The summed E-state index contributed by atoms with van der Waals surface area (Å²) in [7, 11) is 1.97. The molecule has 3 heterocycles. The average Bonchev–Trinajstić information content (AvgIpc) is 2.83. The number of carbonyl (C=O) groups is 2. The monoisotopic (exact) mass is 525 g/mol. The molecule has 4 atom stereocenters. The molecule has 4 rings (SSSR count). The van der Waals surface area contributed by atoms with Gasteiger partial charge in [0.05, 0.1) is 23.2 Å². The van der Waals surface area contributed by atoms with Crippen LogP contribution in [0.1, 0.15) is 20.3 Å². The maximum atomic E-state index is 15.3. The van der Waals surface area contributed by atoms with E-state index in [1.54, 1.807) is 0 Å². The minimum Gasteiger partial charge on any atom is -0.367 e. The second-order valence-electron chi connectivity index (χ2n) is 9.74. The van der Waals surface area contributed by atoms with Crippen molar-refractivity contribution in [2.24, 2.45) is 11.8 Å². The van der Waals surface area contributed by atoms with Crippen LogP contribution in [0, 0.1) is 23.6 Å². The number of amides is 2. The van der Waals surface area contributed by atoms with Crippen LogP contribution < -0.4 is 15.5 Å².